The fourth-order valence-electron chi connectivity index (χ4n) is 1.34. The molecule has 1 aliphatic rings. The monoisotopic (exact) mass is 189 g/mol. The van der Waals surface area contributed by atoms with E-state index in [0.29, 0.717) is 12.1 Å². The Kier molecular flexibility index (Phi) is 4.40. The smallest absolute Gasteiger partial charge is 0.0601 e. The van der Waals surface area contributed by atoms with Gasteiger partial charge in [0.25, 0.3) is 0 Å². The van der Waals surface area contributed by atoms with Gasteiger partial charge in [0.15, 0.2) is 0 Å². The van der Waals surface area contributed by atoms with Crippen LogP contribution in [0.1, 0.15) is 19.8 Å². The average Bonchev–Trinajstić information content (AvgIpc) is 2.01. The molecule has 12 heavy (non-hydrogen) atoms. The maximum absolute atomic E-state index is 5.20. The first kappa shape index (κ1) is 10.4. The second kappa shape index (κ2) is 5.10. The van der Waals surface area contributed by atoms with Gasteiger partial charge in [-0.25, -0.2) is 0 Å². The number of thioether (sulfide) groups is 1. The second-order valence-electron chi connectivity index (χ2n) is 3.48. The number of hydrogen-bond acceptors (Lipinski definition) is 3. The number of rotatable bonds is 5. The maximum atomic E-state index is 5.20. The van der Waals surface area contributed by atoms with Crippen molar-refractivity contribution < 1.29 is 4.74 Å². The van der Waals surface area contributed by atoms with E-state index < -0.39 is 0 Å². The van der Waals surface area contributed by atoms with Gasteiger partial charge in [0.05, 0.1) is 6.10 Å². The van der Waals surface area contributed by atoms with E-state index in [0.717, 1.165) is 11.8 Å². The predicted octanol–water partition coefficient (Wildman–Crippen LogP) is 1.50. The molecule has 0 aromatic carbocycles. The molecular weight excluding hydrogens is 170 g/mol. The molecule has 2 nitrogen and oxygen atoms in total. The Morgan fingerprint density at radius 1 is 1.58 bits per heavy atom. The lowest BCUT2D eigenvalue weighted by atomic mass is 9.89. The van der Waals surface area contributed by atoms with Gasteiger partial charge in [-0.15, -0.1) is 0 Å². The Labute approximate surface area is 79.4 Å². The third-order valence-electron chi connectivity index (χ3n) is 2.52. The molecule has 3 heteroatoms. The number of nitrogens with one attached hydrogen (secondary N) is 1. The van der Waals surface area contributed by atoms with E-state index in [1.165, 1.54) is 12.8 Å². The van der Waals surface area contributed by atoms with Gasteiger partial charge >= 0.3 is 0 Å². The van der Waals surface area contributed by atoms with E-state index in [1.807, 2.05) is 11.8 Å². The standard InChI is InChI=1S/C9H19NOS/c1-7(12-3)6-10-8-4-9(5-8)11-2/h7-10H,4-6H2,1-3H3. The Morgan fingerprint density at radius 3 is 2.75 bits per heavy atom. The molecule has 0 aromatic heterocycles. The van der Waals surface area contributed by atoms with Gasteiger partial charge in [0.1, 0.15) is 0 Å². The fraction of sp³-hybridized carbons (Fsp3) is 1.00. The molecule has 0 radical (unpaired) electrons. The minimum Gasteiger partial charge on any atom is -0.381 e. The third kappa shape index (κ3) is 2.96. The van der Waals surface area contributed by atoms with E-state index >= 15 is 0 Å². The highest BCUT2D eigenvalue weighted by Gasteiger charge is 2.28. The van der Waals surface area contributed by atoms with E-state index in [4.69, 9.17) is 4.74 Å². The Balaban J connectivity index is 1.96. The first-order valence-corrected chi connectivity index (χ1v) is 5.84. The zero-order chi connectivity index (χ0) is 8.97. The van der Waals surface area contributed by atoms with Crippen molar-refractivity contribution >= 4 is 11.8 Å². The molecule has 0 aromatic rings. The van der Waals surface area contributed by atoms with Gasteiger partial charge in [0, 0.05) is 24.9 Å². The van der Waals surface area contributed by atoms with Crippen molar-refractivity contribution in [2.45, 2.75) is 37.2 Å². The number of methoxy groups -OCH3 is 1. The topological polar surface area (TPSA) is 21.3 Å². The molecule has 1 atom stereocenters. The summed E-state index contributed by atoms with van der Waals surface area (Å²) in [6.07, 6.45) is 5.06. The van der Waals surface area contributed by atoms with Crippen LogP contribution in [0.4, 0.5) is 0 Å². The third-order valence-corrected chi connectivity index (χ3v) is 3.50. The van der Waals surface area contributed by atoms with Gasteiger partial charge < -0.3 is 10.1 Å². The summed E-state index contributed by atoms with van der Waals surface area (Å²) in [5.41, 5.74) is 0. The van der Waals surface area contributed by atoms with Crippen LogP contribution in [-0.2, 0) is 4.74 Å². The quantitative estimate of drug-likeness (QED) is 0.708. The van der Waals surface area contributed by atoms with Crippen molar-refractivity contribution in [3.05, 3.63) is 0 Å². The molecule has 1 unspecified atom stereocenters. The van der Waals surface area contributed by atoms with Crippen molar-refractivity contribution in [3.63, 3.8) is 0 Å². The van der Waals surface area contributed by atoms with Crippen LogP contribution in [0, 0.1) is 0 Å². The van der Waals surface area contributed by atoms with E-state index in [9.17, 15) is 0 Å². The van der Waals surface area contributed by atoms with Gasteiger partial charge in [-0.2, -0.15) is 11.8 Å². The lowest BCUT2D eigenvalue weighted by Crippen LogP contribution is -2.46. The van der Waals surface area contributed by atoms with Crippen molar-refractivity contribution in [3.8, 4) is 0 Å². The highest BCUT2D eigenvalue weighted by atomic mass is 32.2. The molecule has 72 valence electrons. The van der Waals surface area contributed by atoms with Crippen LogP contribution >= 0.6 is 11.8 Å². The fourth-order valence-corrected chi connectivity index (χ4v) is 1.60. The summed E-state index contributed by atoms with van der Waals surface area (Å²) < 4.78 is 5.20. The molecule has 1 N–H and O–H groups in total. The molecule has 1 saturated carbocycles. The predicted molar refractivity (Wildman–Crippen MR) is 54.8 cm³/mol. The zero-order valence-corrected chi connectivity index (χ0v) is 8.99. The summed E-state index contributed by atoms with van der Waals surface area (Å²) in [4.78, 5) is 0. The number of hydrogen-bond donors (Lipinski definition) is 1. The molecule has 0 heterocycles. The normalized spacial score (nSPS) is 31.2. The molecule has 0 aliphatic heterocycles. The number of ether oxygens (including phenoxy) is 1. The summed E-state index contributed by atoms with van der Waals surface area (Å²) in [5.74, 6) is 0. The lowest BCUT2D eigenvalue weighted by molar-refractivity contribution is 0.0177. The van der Waals surface area contributed by atoms with Gasteiger partial charge in [0.2, 0.25) is 0 Å². The summed E-state index contributed by atoms with van der Waals surface area (Å²) in [5, 5.41) is 4.26. The summed E-state index contributed by atoms with van der Waals surface area (Å²) in [6.45, 7) is 3.38. The molecule has 0 bridgehead atoms. The SMILES string of the molecule is COC1CC(NCC(C)SC)C1. The van der Waals surface area contributed by atoms with Crippen LogP contribution in [0.3, 0.4) is 0 Å². The minimum atomic E-state index is 0.520. The largest absolute Gasteiger partial charge is 0.381 e. The molecule has 1 rings (SSSR count). The van der Waals surface area contributed by atoms with Gasteiger partial charge in [-0.05, 0) is 19.1 Å². The highest BCUT2D eigenvalue weighted by molar-refractivity contribution is 7.99. The molecule has 1 aliphatic carbocycles. The van der Waals surface area contributed by atoms with Crippen LogP contribution in [0.15, 0.2) is 0 Å². The van der Waals surface area contributed by atoms with Crippen molar-refractivity contribution in [2.24, 2.45) is 0 Å². The summed E-state index contributed by atoms with van der Waals surface area (Å²) in [6, 6.07) is 0.713. The molecule has 1 fully saturated rings. The lowest BCUT2D eigenvalue weighted by Gasteiger charge is -2.35. The highest BCUT2D eigenvalue weighted by Crippen LogP contribution is 2.22. The van der Waals surface area contributed by atoms with Crippen LogP contribution in [0.2, 0.25) is 0 Å². The molecule has 0 amide bonds. The zero-order valence-electron chi connectivity index (χ0n) is 8.17. The molecular formula is C9H19NOS. The van der Waals surface area contributed by atoms with Gasteiger partial charge in [-0.3, -0.25) is 0 Å². The first-order valence-electron chi connectivity index (χ1n) is 4.55. The first-order chi connectivity index (χ1) is 5.76. The average molecular weight is 189 g/mol. The van der Waals surface area contributed by atoms with E-state index in [1.54, 1.807) is 7.11 Å². The summed E-state index contributed by atoms with van der Waals surface area (Å²) in [7, 11) is 1.80. The van der Waals surface area contributed by atoms with Crippen LogP contribution in [0.5, 0.6) is 0 Å². The van der Waals surface area contributed by atoms with E-state index in [2.05, 4.69) is 18.5 Å². The molecule has 0 spiro atoms. The van der Waals surface area contributed by atoms with Crippen molar-refractivity contribution in [1.29, 1.82) is 0 Å². The maximum Gasteiger partial charge on any atom is 0.0601 e. The van der Waals surface area contributed by atoms with Crippen LogP contribution in [-0.4, -0.2) is 37.3 Å². The summed E-state index contributed by atoms with van der Waals surface area (Å²) >= 11 is 1.91. The van der Waals surface area contributed by atoms with Crippen LogP contribution in [0.25, 0.3) is 0 Å². The molecule has 0 saturated heterocycles. The van der Waals surface area contributed by atoms with Crippen LogP contribution < -0.4 is 5.32 Å². The van der Waals surface area contributed by atoms with E-state index in [-0.39, 0.29) is 0 Å². The van der Waals surface area contributed by atoms with Crippen molar-refractivity contribution in [2.75, 3.05) is 19.9 Å². The Bertz CT molecular complexity index is 126. The Morgan fingerprint density at radius 2 is 2.25 bits per heavy atom. The second-order valence-corrected chi connectivity index (χ2v) is 4.76. The van der Waals surface area contributed by atoms with Gasteiger partial charge in [-0.1, -0.05) is 6.92 Å². The Hall–Kier alpha value is 0.270. The minimum absolute atomic E-state index is 0.520. The van der Waals surface area contributed by atoms with Crippen molar-refractivity contribution in [1.82, 2.24) is 5.32 Å².